The van der Waals surface area contributed by atoms with Crippen LogP contribution in [0.1, 0.15) is 79.2 Å². The maximum Gasteiger partial charge on any atom is 0.255 e. The molecule has 202 valence electrons. The summed E-state index contributed by atoms with van der Waals surface area (Å²) in [6, 6.07) is 7.13. The Balaban J connectivity index is 0.000000819. The van der Waals surface area contributed by atoms with Crippen LogP contribution in [0.3, 0.4) is 0 Å². The third-order valence-corrected chi connectivity index (χ3v) is 7.13. The molecule has 4 heteroatoms. The quantitative estimate of drug-likeness (QED) is 0.300. The highest BCUT2D eigenvalue weighted by Crippen LogP contribution is 2.28. The van der Waals surface area contributed by atoms with E-state index in [0.29, 0.717) is 5.35 Å². The number of hydrogen-bond donors (Lipinski definition) is 2. The van der Waals surface area contributed by atoms with E-state index >= 15 is 0 Å². The molecular formula is C33H48N2OS. The Morgan fingerprint density at radius 2 is 1.84 bits per heavy atom. The zero-order chi connectivity index (χ0) is 28.2. The fourth-order valence-electron chi connectivity index (χ4n) is 3.76. The fourth-order valence-corrected chi connectivity index (χ4v) is 4.53. The minimum atomic E-state index is -0.0706. The number of nitrogens with one attached hydrogen (secondary N) is 2. The summed E-state index contributed by atoms with van der Waals surface area (Å²) in [5, 5.41) is 6.79. The highest BCUT2D eigenvalue weighted by molar-refractivity contribution is 8.08. The third kappa shape index (κ3) is 11.9. The smallest absolute Gasteiger partial charge is 0.255 e. The Morgan fingerprint density at radius 1 is 1.16 bits per heavy atom. The number of terminal acetylenes is 1. The number of allylic oxidation sites excluding steroid dienone is 4. The second kappa shape index (κ2) is 20.3. The molecule has 1 fully saturated rings. The molecule has 3 rings (SSSR count). The van der Waals surface area contributed by atoms with E-state index in [4.69, 9.17) is 0 Å². The number of aromatic nitrogens is 1. The minimum Gasteiger partial charge on any atom is -0.322 e. The molecule has 1 saturated heterocycles. The molecule has 1 aromatic heterocycles. The van der Waals surface area contributed by atoms with Gasteiger partial charge in [-0.25, -0.2) is 0 Å². The number of benzene rings is 1. The van der Waals surface area contributed by atoms with Crippen LogP contribution in [0, 0.1) is 12.8 Å². The lowest BCUT2D eigenvalue weighted by Crippen LogP contribution is -2.34. The molecule has 2 N–H and O–H groups in total. The van der Waals surface area contributed by atoms with E-state index in [-0.39, 0.29) is 5.56 Å². The summed E-state index contributed by atoms with van der Waals surface area (Å²) >= 11 is 1.81. The molecule has 0 saturated carbocycles. The van der Waals surface area contributed by atoms with Crippen LogP contribution in [-0.4, -0.2) is 23.3 Å². The highest BCUT2D eigenvalue weighted by atomic mass is 32.2. The first-order chi connectivity index (χ1) is 17.9. The second-order valence-electron chi connectivity index (χ2n) is 8.63. The van der Waals surface area contributed by atoms with Crippen molar-refractivity contribution in [2.24, 2.45) is 0 Å². The van der Waals surface area contributed by atoms with Crippen LogP contribution in [0.25, 0.3) is 28.3 Å². The molecule has 1 aliphatic rings. The van der Waals surface area contributed by atoms with E-state index in [1.165, 1.54) is 36.3 Å². The Hall–Kier alpha value is -2.74. The van der Waals surface area contributed by atoms with Gasteiger partial charge >= 0.3 is 0 Å². The molecule has 2 heterocycles. The largest absolute Gasteiger partial charge is 0.322 e. The number of aromatic amines is 1. The lowest BCUT2D eigenvalue weighted by Gasteiger charge is -2.08. The molecule has 0 bridgehead atoms. The van der Waals surface area contributed by atoms with Crippen molar-refractivity contribution in [2.45, 2.75) is 79.7 Å². The molecule has 1 aliphatic heterocycles. The zero-order valence-corrected chi connectivity index (χ0v) is 24.8. The van der Waals surface area contributed by atoms with Gasteiger partial charge in [-0.05, 0) is 82.2 Å². The van der Waals surface area contributed by atoms with Gasteiger partial charge in [-0.15, -0.1) is 31.2 Å². The average Bonchev–Trinajstić information content (AvgIpc) is 3.47. The van der Waals surface area contributed by atoms with E-state index in [0.717, 1.165) is 46.2 Å². The summed E-state index contributed by atoms with van der Waals surface area (Å²) in [5.74, 6) is 1.02. The third-order valence-electron chi connectivity index (χ3n) is 6.06. The van der Waals surface area contributed by atoms with Crippen molar-refractivity contribution in [2.75, 3.05) is 12.3 Å². The van der Waals surface area contributed by atoms with E-state index in [2.05, 4.69) is 101 Å². The molecule has 1 aromatic carbocycles. The number of rotatable bonds is 7. The van der Waals surface area contributed by atoms with E-state index in [9.17, 15) is 4.79 Å². The Kier molecular flexibility index (Phi) is 18.8. The van der Waals surface area contributed by atoms with Gasteiger partial charge in [0.1, 0.15) is 0 Å². The van der Waals surface area contributed by atoms with E-state index in [1.807, 2.05) is 30.8 Å². The van der Waals surface area contributed by atoms with Crippen molar-refractivity contribution >= 4 is 40.1 Å². The SMILES string of the molecule is C#C.C=CCC.C=c1[nH]c(=O)/c(=C\C/C(C)=C/C)c2cc(/C(=C/C)SCC)ccc12.CC[C@@H]1CCCN1. The van der Waals surface area contributed by atoms with Crippen LogP contribution in [0.2, 0.25) is 0 Å². The van der Waals surface area contributed by atoms with Gasteiger partial charge in [0.05, 0.1) is 0 Å². The van der Waals surface area contributed by atoms with Gasteiger partial charge in [0.25, 0.3) is 5.56 Å². The van der Waals surface area contributed by atoms with Crippen LogP contribution < -0.4 is 21.4 Å². The number of hydrogen-bond acceptors (Lipinski definition) is 3. The maximum atomic E-state index is 12.5. The number of fused-ring (bicyclic) bond motifs is 1. The molecule has 0 unspecified atom stereocenters. The number of H-pyrrole nitrogens is 1. The Labute approximate surface area is 229 Å². The molecule has 37 heavy (non-hydrogen) atoms. The van der Waals surface area contributed by atoms with Gasteiger partial charge < -0.3 is 10.3 Å². The summed E-state index contributed by atoms with van der Waals surface area (Å²) in [6.07, 6.45) is 22.0. The summed E-state index contributed by atoms with van der Waals surface area (Å²) in [5.41, 5.74) is 2.33. The molecule has 0 aliphatic carbocycles. The van der Waals surface area contributed by atoms with Gasteiger partial charge in [-0.1, -0.05) is 69.4 Å². The lowest BCUT2D eigenvalue weighted by atomic mass is 10.0. The van der Waals surface area contributed by atoms with Crippen molar-refractivity contribution in [3.05, 3.63) is 75.1 Å². The first-order valence-electron chi connectivity index (χ1n) is 13.3. The predicted molar refractivity (Wildman–Crippen MR) is 171 cm³/mol. The summed E-state index contributed by atoms with van der Waals surface area (Å²) < 4.78 is 0. The molecule has 0 radical (unpaired) electrons. The summed E-state index contributed by atoms with van der Waals surface area (Å²) in [7, 11) is 0. The van der Waals surface area contributed by atoms with Crippen LogP contribution in [0.5, 0.6) is 0 Å². The van der Waals surface area contributed by atoms with Gasteiger partial charge in [-0.3, -0.25) is 4.79 Å². The molecule has 3 nitrogen and oxygen atoms in total. The van der Waals surface area contributed by atoms with Crippen LogP contribution in [0.4, 0.5) is 0 Å². The molecular weight excluding hydrogens is 472 g/mol. The van der Waals surface area contributed by atoms with Crippen molar-refractivity contribution in [1.82, 2.24) is 10.3 Å². The minimum absolute atomic E-state index is 0.0706. The average molecular weight is 521 g/mol. The van der Waals surface area contributed by atoms with Gasteiger partial charge in [-0.2, -0.15) is 0 Å². The Bertz CT molecular complexity index is 1190. The fraction of sp³-hybridized carbons (Fsp3) is 0.424. The zero-order valence-electron chi connectivity index (χ0n) is 24.0. The second-order valence-corrected chi connectivity index (χ2v) is 9.94. The van der Waals surface area contributed by atoms with Crippen LogP contribution in [-0.2, 0) is 0 Å². The first-order valence-corrected chi connectivity index (χ1v) is 14.3. The Morgan fingerprint density at radius 3 is 2.30 bits per heavy atom. The van der Waals surface area contributed by atoms with Crippen LogP contribution in [0.15, 0.2) is 53.4 Å². The van der Waals surface area contributed by atoms with Gasteiger partial charge in [0.15, 0.2) is 0 Å². The molecule has 2 aromatic rings. The van der Waals surface area contributed by atoms with Gasteiger partial charge in [0.2, 0.25) is 0 Å². The van der Waals surface area contributed by atoms with E-state index in [1.54, 1.807) is 0 Å². The molecule has 0 amide bonds. The summed E-state index contributed by atoms with van der Waals surface area (Å²) in [6.45, 7) is 21.3. The molecule has 1 atom stereocenters. The van der Waals surface area contributed by atoms with Crippen molar-refractivity contribution < 1.29 is 0 Å². The summed E-state index contributed by atoms with van der Waals surface area (Å²) in [4.78, 5) is 16.6. The lowest BCUT2D eigenvalue weighted by molar-refractivity contribution is 0.587. The van der Waals surface area contributed by atoms with Crippen LogP contribution >= 0.6 is 11.8 Å². The highest BCUT2D eigenvalue weighted by Gasteiger charge is 2.09. The monoisotopic (exact) mass is 520 g/mol. The maximum absolute atomic E-state index is 12.5. The number of pyridine rings is 1. The standard InChI is InChI=1S/C21H25NOS.C6H13N.C4H8.C2H2/c1-6-14(4)9-11-18-19-13-16(20(7-2)24-8-3)10-12-17(19)15(5)22-21(18)23;1-2-6-4-3-5-7-6;1-3-4-2;1-2/h6-7,10-13H,5,8-9H2,1-4H3,(H,22,23);6-7H,2-5H2,1H3;3H,1,4H2,2H3;1-2H/b14-6+,18-11-,20-7-;;;/t;6-;;/m.1../s1. The molecule has 0 spiro atoms. The van der Waals surface area contributed by atoms with Crippen molar-refractivity contribution in [3.8, 4) is 12.8 Å². The first kappa shape index (κ1) is 34.3. The van der Waals surface area contributed by atoms with E-state index < -0.39 is 0 Å². The van der Waals surface area contributed by atoms with Crippen molar-refractivity contribution in [1.29, 1.82) is 0 Å². The topological polar surface area (TPSA) is 44.9 Å². The van der Waals surface area contributed by atoms with Gasteiger partial charge in [0, 0.05) is 26.9 Å². The number of thioether (sulfide) groups is 1. The normalized spacial score (nSPS) is 15.6. The van der Waals surface area contributed by atoms with Crippen molar-refractivity contribution in [3.63, 3.8) is 0 Å². The predicted octanol–water partition coefficient (Wildman–Crippen LogP) is 7.17.